The van der Waals surface area contributed by atoms with Gasteiger partial charge in [-0.05, 0) is 35.9 Å². The van der Waals surface area contributed by atoms with E-state index < -0.39 is 0 Å². The van der Waals surface area contributed by atoms with Crippen molar-refractivity contribution in [3.63, 3.8) is 0 Å². The second-order valence-corrected chi connectivity index (χ2v) is 12.1. The van der Waals surface area contributed by atoms with Gasteiger partial charge in [-0.15, -0.1) is 0 Å². The summed E-state index contributed by atoms with van der Waals surface area (Å²) in [6.07, 6.45) is 1.60. The quantitative estimate of drug-likeness (QED) is 0.184. The topological polar surface area (TPSA) is 90.7 Å². The van der Waals surface area contributed by atoms with Gasteiger partial charge in [-0.2, -0.15) is 0 Å². The largest absolute Gasteiger partial charge is 0.455 e. The third-order valence-corrected chi connectivity index (χ3v) is 9.06. The summed E-state index contributed by atoms with van der Waals surface area (Å²) in [6, 6.07) is 48.6. The molecule has 0 fully saturated rings. The molecule has 0 aliphatic rings. The lowest BCUT2D eigenvalue weighted by Crippen LogP contribution is -2.00. The summed E-state index contributed by atoms with van der Waals surface area (Å²) in [7, 11) is 0. The molecule has 6 aromatic carbocycles. The first kappa shape index (κ1) is 28.1. The minimum Gasteiger partial charge on any atom is -0.455 e. The predicted molar refractivity (Wildman–Crippen MR) is 197 cm³/mol. The van der Waals surface area contributed by atoms with E-state index in [1.165, 1.54) is 0 Å². The van der Waals surface area contributed by atoms with Crippen LogP contribution in [0, 0.1) is 0 Å². The highest BCUT2D eigenvalue weighted by atomic mass is 16.3. The normalized spacial score (nSPS) is 11.6. The Kier molecular flexibility index (Phi) is 6.35. The van der Waals surface area contributed by atoms with Crippen LogP contribution in [0.5, 0.6) is 0 Å². The molecule has 0 bridgehead atoms. The molecule has 0 unspecified atom stereocenters. The zero-order chi connectivity index (χ0) is 33.0. The zero-order valence-corrected chi connectivity index (χ0v) is 26.5. The minimum atomic E-state index is 0.578. The number of nitrogens with zero attached hydrogens (tertiary/aromatic N) is 5. The van der Waals surface area contributed by atoms with Crippen LogP contribution >= 0.6 is 0 Å². The van der Waals surface area contributed by atoms with Crippen LogP contribution in [0.25, 0.3) is 101 Å². The van der Waals surface area contributed by atoms with E-state index >= 15 is 0 Å². The van der Waals surface area contributed by atoms with E-state index in [0.717, 1.165) is 77.5 Å². The number of aromatic nitrogens is 5. The molecule has 10 rings (SSSR count). The Morgan fingerprint density at radius 2 is 1.00 bits per heavy atom. The van der Waals surface area contributed by atoms with Crippen molar-refractivity contribution in [2.75, 3.05) is 0 Å². The molecule has 0 radical (unpaired) electrons. The van der Waals surface area contributed by atoms with Gasteiger partial charge < -0.3 is 8.83 Å². The van der Waals surface area contributed by atoms with Crippen molar-refractivity contribution in [1.82, 2.24) is 24.9 Å². The molecule has 4 aromatic heterocycles. The van der Waals surface area contributed by atoms with Crippen LogP contribution in [0.2, 0.25) is 0 Å². The standard InChI is InChI=1S/C43H25N5O2/c1-3-11-26(12-4-1)41-46-42(27-13-5-2-6-14-27)48-43(47-41)30-21-22-32-33-19-10-18-31(39(33)50-36(32)24-30)28-15-9-16-29(23-28)37-40-38(45-25-44-37)34-17-7-8-20-35(34)49-40/h1-25H. The molecular formula is C43H25N5O2. The lowest BCUT2D eigenvalue weighted by atomic mass is 9.99. The van der Waals surface area contributed by atoms with Gasteiger partial charge in [-0.3, -0.25) is 0 Å². The summed E-state index contributed by atoms with van der Waals surface area (Å²) in [5, 5.41) is 3.02. The Hall–Kier alpha value is -6.99. The van der Waals surface area contributed by atoms with Crippen LogP contribution in [0.3, 0.4) is 0 Å². The average Bonchev–Trinajstić information content (AvgIpc) is 3.77. The first-order valence-electron chi connectivity index (χ1n) is 16.3. The SMILES string of the molecule is c1ccc(-c2nc(-c3ccccc3)nc(-c3ccc4c(c3)oc3c(-c5cccc(-c6ncnc7c6oc6ccccc67)c5)cccc34)n2)cc1. The molecule has 4 heterocycles. The molecular weight excluding hydrogens is 619 g/mol. The van der Waals surface area contributed by atoms with E-state index in [9.17, 15) is 0 Å². The monoisotopic (exact) mass is 643 g/mol. The first-order valence-corrected chi connectivity index (χ1v) is 16.3. The Bertz CT molecular complexity index is 2820. The molecule has 10 aromatic rings. The summed E-state index contributed by atoms with van der Waals surface area (Å²) >= 11 is 0. The van der Waals surface area contributed by atoms with Gasteiger partial charge in [0.05, 0.1) is 0 Å². The van der Waals surface area contributed by atoms with Crippen molar-refractivity contribution >= 4 is 44.0 Å². The van der Waals surface area contributed by atoms with Crippen molar-refractivity contribution in [3.05, 3.63) is 152 Å². The number of furan rings is 2. The third-order valence-electron chi connectivity index (χ3n) is 9.06. The van der Waals surface area contributed by atoms with Crippen molar-refractivity contribution in [2.24, 2.45) is 0 Å². The Morgan fingerprint density at radius 3 is 1.78 bits per heavy atom. The van der Waals surface area contributed by atoms with Gasteiger partial charge >= 0.3 is 0 Å². The van der Waals surface area contributed by atoms with Gasteiger partial charge in [0.15, 0.2) is 23.1 Å². The highest BCUT2D eigenvalue weighted by Gasteiger charge is 2.18. The number of para-hydroxylation sites is 2. The molecule has 7 nitrogen and oxygen atoms in total. The summed E-state index contributed by atoms with van der Waals surface area (Å²) in [6.45, 7) is 0. The molecule has 0 N–H and O–H groups in total. The van der Waals surface area contributed by atoms with Crippen LogP contribution in [-0.4, -0.2) is 24.9 Å². The number of hydrogen-bond donors (Lipinski definition) is 0. The smallest absolute Gasteiger partial charge is 0.180 e. The molecule has 0 saturated carbocycles. The Morgan fingerprint density at radius 1 is 0.380 bits per heavy atom. The fourth-order valence-corrected chi connectivity index (χ4v) is 6.67. The van der Waals surface area contributed by atoms with E-state index in [1.807, 2.05) is 103 Å². The molecule has 0 spiro atoms. The molecule has 0 aliphatic heterocycles. The van der Waals surface area contributed by atoms with Crippen LogP contribution in [-0.2, 0) is 0 Å². The lowest BCUT2D eigenvalue weighted by Gasteiger charge is -2.08. The van der Waals surface area contributed by atoms with Gasteiger partial charge in [0.25, 0.3) is 0 Å². The fraction of sp³-hybridized carbons (Fsp3) is 0. The number of fused-ring (bicyclic) bond motifs is 6. The van der Waals surface area contributed by atoms with Gasteiger partial charge in [0.1, 0.15) is 34.3 Å². The number of benzene rings is 6. The van der Waals surface area contributed by atoms with Crippen LogP contribution in [0.1, 0.15) is 0 Å². The van der Waals surface area contributed by atoms with Gasteiger partial charge in [0.2, 0.25) is 0 Å². The number of rotatable bonds is 5. The molecule has 0 saturated heterocycles. The maximum Gasteiger partial charge on any atom is 0.180 e. The second kappa shape index (κ2) is 11.3. The van der Waals surface area contributed by atoms with E-state index in [2.05, 4.69) is 52.4 Å². The van der Waals surface area contributed by atoms with E-state index in [4.69, 9.17) is 23.8 Å². The van der Waals surface area contributed by atoms with Crippen molar-refractivity contribution in [2.45, 2.75) is 0 Å². The zero-order valence-electron chi connectivity index (χ0n) is 26.5. The molecule has 7 heteroatoms. The van der Waals surface area contributed by atoms with Crippen molar-refractivity contribution in [3.8, 4) is 56.5 Å². The molecule has 0 atom stereocenters. The molecule has 234 valence electrons. The minimum absolute atomic E-state index is 0.578. The lowest BCUT2D eigenvalue weighted by molar-refractivity contribution is 0.667. The van der Waals surface area contributed by atoms with Gasteiger partial charge in [-0.25, -0.2) is 24.9 Å². The number of hydrogen-bond acceptors (Lipinski definition) is 7. The molecule has 0 amide bonds. The first-order chi connectivity index (χ1) is 24.8. The van der Waals surface area contributed by atoms with Crippen LogP contribution in [0.4, 0.5) is 0 Å². The maximum absolute atomic E-state index is 6.67. The third kappa shape index (κ3) is 4.64. The predicted octanol–water partition coefficient (Wildman–Crippen LogP) is 10.8. The summed E-state index contributed by atoms with van der Waals surface area (Å²) in [5.41, 5.74) is 10.2. The molecule has 50 heavy (non-hydrogen) atoms. The Balaban J connectivity index is 1.09. The highest BCUT2D eigenvalue weighted by Crippen LogP contribution is 2.39. The van der Waals surface area contributed by atoms with Crippen LogP contribution in [0.15, 0.2) is 161 Å². The summed E-state index contributed by atoms with van der Waals surface area (Å²) in [5.74, 6) is 1.81. The maximum atomic E-state index is 6.67. The Labute approximate surface area is 285 Å². The van der Waals surface area contributed by atoms with E-state index in [-0.39, 0.29) is 0 Å². The average molecular weight is 644 g/mol. The summed E-state index contributed by atoms with van der Waals surface area (Å²) < 4.78 is 12.9. The van der Waals surface area contributed by atoms with E-state index in [1.54, 1.807) is 6.33 Å². The van der Waals surface area contributed by atoms with E-state index in [0.29, 0.717) is 23.1 Å². The van der Waals surface area contributed by atoms with Crippen molar-refractivity contribution in [1.29, 1.82) is 0 Å². The molecule has 0 aliphatic carbocycles. The second-order valence-electron chi connectivity index (χ2n) is 12.1. The van der Waals surface area contributed by atoms with Gasteiger partial charge in [0, 0.05) is 44.0 Å². The fourth-order valence-electron chi connectivity index (χ4n) is 6.67. The highest BCUT2D eigenvalue weighted by molar-refractivity contribution is 6.11. The van der Waals surface area contributed by atoms with Crippen molar-refractivity contribution < 1.29 is 8.83 Å². The van der Waals surface area contributed by atoms with Gasteiger partial charge in [-0.1, -0.05) is 115 Å². The van der Waals surface area contributed by atoms with Crippen LogP contribution < -0.4 is 0 Å². The summed E-state index contributed by atoms with van der Waals surface area (Å²) in [4.78, 5) is 23.9.